The number of fused-ring (bicyclic) bond motifs is 2. The average Bonchev–Trinajstić information content (AvgIpc) is 3.10. The van der Waals surface area contributed by atoms with Gasteiger partial charge in [-0.2, -0.15) is 0 Å². The first kappa shape index (κ1) is 18.0. The molecule has 0 saturated heterocycles. The van der Waals surface area contributed by atoms with E-state index in [-0.39, 0.29) is 19.0 Å². The molecule has 0 amide bonds. The molecule has 0 atom stereocenters. The highest BCUT2D eigenvalue weighted by Crippen LogP contribution is 2.24. The van der Waals surface area contributed by atoms with Gasteiger partial charge in [0.25, 0.3) is 0 Å². The first-order valence-electron chi connectivity index (χ1n) is 9.04. The fourth-order valence-electron chi connectivity index (χ4n) is 3.11. The van der Waals surface area contributed by atoms with E-state index in [0.717, 1.165) is 22.0 Å². The van der Waals surface area contributed by atoms with E-state index < -0.39 is 5.63 Å². The minimum atomic E-state index is -0.460. The van der Waals surface area contributed by atoms with Gasteiger partial charge in [0.2, 0.25) is 0 Å². The van der Waals surface area contributed by atoms with Crippen LogP contribution in [-0.2, 0) is 22.6 Å². The van der Waals surface area contributed by atoms with Gasteiger partial charge in [0.15, 0.2) is 11.5 Å². The van der Waals surface area contributed by atoms with E-state index in [1.165, 1.54) is 6.07 Å². The molecule has 0 aliphatic heterocycles. The topological polar surface area (TPSA) is 82.5 Å². The first-order chi connectivity index (χ1) is 13.5. The van der Waals surface area contributed by atoms with E-state index in [4.69, 9.17) is 13.6 Å². The van der Waals surface area contributed by atoms with Gasteiger partial charge in [-0.05, 0) is 37.1 Å². The average molecular weight is 377 g/mol. The predicted molar refractivity (Wildman–Crippen MR) is 104 cm³/mol. The van der Waals surface area contributed by atoms with E-state index in [2.05, 4.69) is 4.98 Å². The van der Waals surface area contributed by atoms with E-state index >= 15 is 0 Å². The number of para-hydroxylation sites is 2. The number of hydrogen-bond acceptors (Lipinski definition) is 6. The molecule has 0 spiro atoms. The zero-order valence-electron chi connectivity index (χ0n) is 15.7. The number of nitrogens with zero attached hydrogens (tertiary/aromatic N) is 1. The van der Waals surface area contributed by atoms with Crippen LogP contribution in [0.4, 0.5) is 0 Å². The van der Waals surface area contributed by atoms with Crippen LogP contribution in [0.3, 0.4) is 0 Å². The summed E-state index contributed by atoms with van der Waals surface area (Å²) in [5.41, 5.74) is 4.09. The van der Waals surface area contributed by atoms with Crippen molar-refractivity contribution in [1.29, 1.82) is 0 Å². The van der Waals surface area contributed by atoms with Gasteiger partial charge in [-0.3, -0.25) is 4.79 Å². The molecular weight excluding hydrogens is 358 g/mol. The summed E-state index contributed by atoms with van der Waals surface area (Å²) in [7, 11) is 0. The summed E-state index contributed by atoms with van der Waals surface area (Å²) < 4.78 is 16.3. The van der Waals surface area contributed by atoms with Crippen molar-refractivity contribution in [3.8, 4) is 0 Å². The zero-order chi connectivity index (χ0) is 19.7. The Balaban J connectivity index is 1.44. The Morgan fingerprint density at radius 3 is 2.75 bits per heavy atom. The second kappa shape index (κ2) is 7.31. The van der Waals surface area contributed by atoms with Gasteiger partial charge in [0.1, 0.15) is 17.7 Å². The molecule has 28 heavy (non-hydrogen) atoms. The molecule has 6 heteroatoms. The van der Waals surface area contributed by atoms with E-state index in [9.17, 15) is 9.59 Å². The molecule has 0 N–H and O–H groups in total. The molecule has 2 aromatic heterocycles. The number of hydrogen-bond donors (Lipinski definition) is 0. The van der Waals surface area contributed by atoms with Crippen molar-refractivity contribution in [2.45, 2.75) is 33.3 Å². The quantitative estimate of drug-likeness (QED) is 0.382. The van der Waals surface area contributed by atoms with Crippen molar-refractivity contribution in [3.63, 3.8) is 0 Å². The van der Waals surface area contributed by atoms with Gasteiger partial charge in [0.05, 0.1) is 6.42 Å². The summed E-state index contributed by atoms with van der Waals surface area (Å²) in [5, 5.41) is 0.773. The van der Waals surface area contributed by atoms with Crippen molar-refractivity contribution in [2.24, 2.45) is 0 Å². The molecule has 4 aromatic rings. The van der Waals surface area contributed by atoms with Crippen LogP contribution >= 0.6 is 0 Å². The second-order valence-electron chi connectivity index (χ2n) is 6.71. The number of aromatic nitrogens is 1. The first-order valence-corrected chi connectivity index (χ1v) is 9.04. The third-order valence-electron chi connectivity index (χ3n) is 4.79. The van der Waals surface area contributed by atoms with E-state index in [1.54, 1.807) is 0 Å². The van der Waals surface area contributed by atoms with Crippen LogP contribution < -0.4 is 5.63 Å². The molecule has 0 fully saturated rings. The second-order valence-corrected chi connectivity index (χ2v) is 6.71. The molecule has 0 unspecified atom stereocenters. The Hall–Kier alpha value is -3.41. The maximum absolute atomic E-state index is 12.2. The number of aryl methyl sites for hydroxylation is 3. The fourth-order valence-corrected chi connectivity index (χ4v) is 3.11. The summed E-state index contributed by atoms with van der Waals surface area (Å²) in [6, 6.07) is 12.6. The lowest BCUT2D eigenvalue weighted by Crippen LogP contribution is -2.09. The summed E-state index contributed by atoms with van der Waals surface area (Å²) in [6.07, 6.45) is 0.494. The molecule has 0 aliphatic rings. The van der Waals surface area contributed by atoms with Crippen molar-refractivity contribution in [1.82, 2.24) is 4.98 Å². The molecule has 0 bridgehead atoms. The standard InChI is InChI=1S/C22H19NO5/c1-13-7-8-16-15(11-21(25)28-22(16)14(13)2)12-26-20(24)10-9-19-23-17-5-3-4-6-18(17)27-19/h3-8,11H,9-10,12H2,1-2H3. The van der Waals surface area contributed by atoms with Crippen LogP contribution in [0, 0.1) is 13.8 Å². The fraction of sp³-hybridized carbons (Fsp3) is 0.227. The Kier molecular flexibility index (Phi) is 4.69. The van der Waals surface area contributed by atoms with Crippen LogP contribution in [0.5, 0.6) is 0 Å². The van der Waals surface area contributed by atoms with Gasteiger partial charge in [-0.25, -0.2) is 9.78 Å². The van der Waals surface area contributed by atoms with Gasteiger partial charge in [-0.15, -0.1) is 0 Å². The lowest BCUT2D eigenvalue weighted by atomic mass is 10.0. The summed E-state index contributed by atoms with van der Waals surface area (Å²) in [6.45, 7) is 3.86. The third-order valence-corrected chi connectivity index (χ3v) is 4.79. The molecule has 2 aromatic carbocycles. The molecule has 0 saturated carbocycles. The van der Waals surface area contributed by atoms with Gasteiger partial charge < -0.3 is 13.6 Å². The van der Waals surface area contributed by atoms with Crippen LogP contribution in [0.1, 0.15) is 29.0 Å². The summed E-state index contributed by atoms with van der Waals surface area (Å²) in [4.78, 5) is 28.4. The summed E-state index contributed by atoms with van der Waals surface area (Å²) >= 11 is 0. The monoisotopic (exact) mass is 377 g/mol. The lowest BCUT2D eigenvalue weighted by molar-refractivity contribution is -0.144. The van der Waals surface area contributed by atoms with Crippen molar-refractivity contribution >= 4 is 28.0 Å². The predicted octanol–water partition coefficient (Wildman–Crippen LogP) is 4.23. The van der Waals surface area contributed by atoms with Gasteiger partial charge in [-0.1, -0.05) is 24.3 Å². The maximum Gasteiger partial charge on any atom is 0.336 e. The Bertz CT molecular complexity index is 1200. The normalized spacial score (nSPS) is 11.2. The molecule has 0 aliphatic carbocycles. The highest BCUT2D eigenvalue weighted by molar-refractivity contribution is 5.84. The van der Waals surface area contributed by atoms with E-state index in [0.29, 0.717) is 29.0 Å². The Morgan fingerprint density at radius 2 is 1.93 bits per heavy atom. The van der Waals surface area contributed by atoms with Crippen molar-refractivity contribution < 1.29 is 18.4 Å². The Morgan fingerprint density at radius 1 is 1.11 bits per heavy atom. The SMILES string of the molecule is Cc1ccc2c(COC(=O)CCc3nc4ccccc4o3)cc(=O)oc2c1C. The number of oxazole rings is 1. The van der Waals surface area contributed by atoms with Crippen LogP contribution in [0.25, 0.3) is 22.1 Å². The number of esters is 1. The molecule has 0 radical (unpaired) electrons. The maximum atomic E-state index is 12.2. The van der Waals surface area contributed by atoms with Crippen molar-refractivity contribution in [3.05, 3.63) is 75.5 Å². The minimum absolute atomic E-state index is 0.0109. The third kappa shape index (κ3) is 3.53. The minimum Gasteiger partial charge on any atom is -0.461 e. The lowest BCUT2D eigenvalue weighted by Gasteiger charge is -2.09. The highest BCUT2D eigenvalue weighted by atomic mass is 16.5. The van der Waals surface area contributed by atoms with Crippen LogP contribution in [-0.4, -0.2) is 11.0 Å². The van der Waals surface area contributed by atoms with Crippen molar-refractivity contribution in [2.75, 3.05) is 0 Å². The zero-order valence-corrected chi connectivity index (χ0v) is 15.7. The van der Waals surface area contributed by atoms with Gasteiger partial charge in [0, 0.05) is 23.4 Å². The molecule has 2 heterocycles. The molecule has 6 nitrogen and oxygen atoms in total. The largest absolute Gasteiger partial charge is 0.461 e. The molecule has 142 valence electrons. The van der Waals surface area contributed by atoms with E-state index in [1.807, 2.05) is 50.2 Å². The van der Waals surface area contributed by atoms with Gasteiger partial charge >= 0.3 is 11.6 Å². The number of ether oxygens (including phenoxy) is 1. The number of carbonyl (C=O) groups is 1. The summed E-state index contributed by atoms with van der Waals surface area (Å²) in [5.74, 6) is 0.113. The number of carbonyl (C=O) groups excluding carboxylic acids is 1. The molecule has 4 rings (SSSR count). The highest BCUT2D eigenvalue weighted by Gasteiger charge is 2.13. The molecular formula is C22H19NO5. The van der Waals surface area contributed by atoms with Crippen LogP contribution in [0.2, 0.25) is 0 Å². The van der Waals surface area contributed by atoms with Crippen LogP contribution in [0.15, 0.2) is 56.1 Å². The number of rotatable bonds is 5. The number of benzene rings is 2. The Labute approximate surface area is 160 Å². The smallest absolute Gasteiger partial charge is 0.336 e.